The van der Waals surface area contributed by atoms with Crippen LogP contribution in [0, 0.1) is 6.92 Å². The monoisotopic (exact) mass is 368 g/mol. The molecule has 3 rings (SSSR count). The number of esters is 1. The van der Waals surface area contributed by atoms with Crippen LogP contribution in [0.15, 0.2) is 43.1 Å². The van der Waals surface area contributed by atoms with Gasteiger partial charge in [0.05, 0.1) is 23.3 Å². The number of H-pyrrole nitrogens is 1. The first kappa shape index (κ1) is 18.2. The molecule has 2 aromatic heterocycles. The van der Waals surface area contributed by atoms with Crippen molar-refractivity contribution in [3.05, 3.63) is 54.3 Å². The summed E-state index contributed by atoms with van der Waals surface area (Å²) in [7, 11) is 0. The molecule has 3 aromatic rings. The number of nitrogens with zero attached hydrogens (tertiary/aromatic N) is 2. The highest BCUT2D eigenvalue weighted by Crippen LogP contribution is 2.31. The summed E-state index contributed by atoms with van der Waals surface area (Å²) in [5.74, 6) is -2.49. The Bertz CT molecular complexity index is 1060. The number of nitrogens with one attached hydrogen (secondary N) is 2. The van der Waals surface area contributed by atoms with Gasteiger partial charge < -0.3 is 15.0 Å². The minimum Gasteiger partial charge on any atom is -0.462 e. The first-order valence-corrected chi connectivity index (χ1v) is 8.18. The number of ether oxygens (including phenoxy) is 1. The first-order chi connectivity index (χ1) is 12.9. The molecule has 0 atom stereocenters. The third-order valence-electron chi connectivity index (χ3n) is 3.97. The van der Waals surface area contributed by atoms with Crippen molar-refractivity contribution in [3.8, 4) is 11.3 Å². The lowest BCUT2D eigenvalue weighted by Crippen LogP contribution is -2.12. The molecule has 2 heterocycles. The van der Waals surface area contributed by atoms with Crippen molar-refractivity contribution >= 4 is 28.6 Å². The molecule has 0 aliphatic heterocycles. The molecule has 1 aromatic carbocycles. The normalized spacial score (nSPS) is 10.6. The van der Waals surface area contributed by atoms with Gasteiger partial charge in [-0.3, -0.25) is 4.79 Å². The van der Waals surface area contributed by atoms with Crippen LogP contribution in [0.3, 0.4) is 0 Å². The average Bonchev–Trinajstić information content (AvgIpc) is 3.08. The van der Waals surface area contributed by atoms with Gasteiger partial charge in [0.2, 0.25) is 0 Å². The van der Waals surface area contributed by atoms with Gasteiger partial charge in [-0.15, -0.1) is 0 Å². The van der Waals surface area contributed by atoms with E-state index >= 15 is 0 Å². The number of hydrogen-bond donors (Lipinski definition) is 2. The third kappa shape index (κ3) is 3.55. The standard InChI is InChI=1S/C19H17FN4O3/c1-4-27-19(26)13-8-21-17-15(13)16(22-9-23-17)12-6-5-10(2)14(7-12)24-18(25)11(3)20/h5-9H,3-4H2,1-2H3,(H,24,25)(H,21,22,23). The minimum absolute atomic E-state index is 0.238. The van der Waals surface area contributed by atoms with Crippen molar-refractivity contribution in [2.75, 3.05) is 11.9 Å². The van der Waals surface area contributed by atoms with E-state index in [1.165, 1.54) is 12.5 Å². The maximum Gasteiger partial charge on any atom is 0.340 e. The molecule has 7 nitrogen and oxygen atoms in total. The van der Waals surface area contributed by atoms with E-state index in [2.05, 4.69) is 26.8 Å². The fourth-order valence-electron chi connectivity index (χ4n) is 2.65. The molecular weight excluding hydrogens is 351 g/mol. The largest absolute Gasteiger partial charge is 0.462 e. The molecule has 0 unspecified atom stereocenters. The van der Waals surface area contributed by atoms with E-state index in [4.69, 9.17) is 4.74 Å². The van der Waals surface area contributed by atoms with Crippen LogP contribution in [0.5, 0.6) is 0 Å². The lowest BCUT2D eigenvalue weighted by molar-refractivity contribution is -0.114. The summed E-state index contributed by atoms with van der Waals surface area (Å²) in [4.78, 5) is 35.2. The summed E-state index contributed by atoms with van der Waals surface area (Å²) >= 11 is 0. The zero-order valence-electron chi connectivity index (χ0n) is 14.8. The molecule has 0 saturated heterocycles. The SMILES string of the molecule is C=C(F)C(=O)Nc1cc(-c2ncnc3[nH]cc(C(=O)OCC)c23)ccc1C. The van der Waals surface area contributed by atoms with Crippen LogP contribution in [0.25, 0.3) is 22.3 Å². The summed E-state index contributed by atoms with van der Waals surface area (Å²) in [5, 5.41) is 2.97. The summed E-state index contributed by atoms with van der Waals surface area (Å²) in [6.07, 6.45) is 2.88. The number of amides is 1. The predicted octanol–water partition coefficient (Wildman–Crippen LogP) is 3.53. The fourth-order valence-corrected chi connectivity index (χ4v) is 2.65. The Morgan fingerprint density at radius 1 is 1.33 bits per heavy atom. The summed E-state index contributed by atoms with van der Waals surface area (Å²) in [6, 6.07) is 5.20. The Labute approximate surface area is 154 Å². The number of rotatable bonds is 5. The van der Waals surface area contributed by atoms with Gasteiger partial charge in [0.1, 0.15) is 12.0 Å². The van der Waals surface area contributed by atoms with Crippen LogP contribution in [0.1, 0.15) is 22.8 Å². The van der Waals surface area contributed by atoms with E-state index in [-0.39, 0.29) is 6.61 Å². The third-order valence-corrected chi connectivity index (χ3v) is 3.97. The Kier molecular flexibility index (Phi) is 4.98. The number of anilines is 1. The van der Waals surface area contributed by atoms with Crippen molar-refractivity contribution < 1.29 is 18.7 Å². The topological polar surface area (TPSA) is 97.0 Å². The summed E-state index contributed by atoms with van der Waals surface area (Å²) < 4.78 is 18.1. The van der Waals surface area contributed by atoms with E-state index in [0.29, 0.717) is 33.5 Å². The quantitative estimate of drug-likeness (QED) is 0.530. The van der Waals surface area contributed by atoms with Crippen molar-refractivity contribution in [1.29, 1.82) is 0 Å². The highest BCUT2D eigenvalue weighted by molar-refractivity contribution is 6.08. The van der Waals surface area contributed by atoms with Crippen molar-refractivity contribution in [3.63, 3.8) is 0 Å². The molecule has 0 bridgehead atoms. The van der Waals surface area contributed by atoms with Crippen LogP contribution in [-0.4, -0.2) is 33.4 Å². The van der Waals surface area contributed by atoms with E-state index < -0.39 is 17.7 Å². The Balaban J connectivity index is 2.12. The molecule has 27 heavy (non-hydrogen) atoms. The second kappa shape index (κ2) is 7.36. The van der Waals surface area contributed by atoms with E-state index in [0.717, 1.165) is 5.56 Å². The van der Waals surface area contributed by atoms with Gasteiger partial charge in [0.15, 0.2) is 5.83 Å². The van der Waals surface area contributed by atoms with Gasteiger partial charge in [-0.05, 0) is 25.5 Å². The molecule has 0 aliphatic rings. The van der Waals surface area contributed by atoms with E-state index in [9.17, 15) is 14.0 Å². The number of carbonyl (C=O) groups is 2. The van der Waals surface area contributed by atoms with E-state index in [1.54, 1.807) is 32.0 Å². The number of benzene rings is 1. The molecule has 8 heteroatoms. The zero-order chi connectivity index (χ0) is 19.6. The highest BCUT2D eigenvalue weighted by atomic mass is 19.1. The zero-order valence-corrected chi connectivity index (χ0v) is 14.8. The minimum atomic E-state index is -1.08. The second-order valence-electron chi connectivity index (χ2n) is 5.76. The number of fused-ring (bicyclic) bond motifs is 1. The Morgan fingerprint density at radius 3 is 2.81 bits per heavy atom. The number of hydrogen-bond acceptors (Lipinski definition) is 5. The van der Waals surface area contributed by atoms with Crippen molar-refractivity contribution in [1.82, 2.24) is 15.0 Å². The maximum absolute atomic E-state index is 13.0. The molecule has 0 aliphatic carbocycles. The van der Waals surface area contributed by atoms with Crippen LogP contribution in [0.2, 0.25) is 0 Å². The molecule has 138 valence electrons. The van der Waals surface area contributed by atoms with E-state index in [1.807, 2.05) is 0 Å². The van der Waals surface area contributed by atoms with Gasteiger partial charge in [-0.25, -0.2) is 19.2 Å². The summed E-state index contributed by atoms with van der Waals surface area (Å²) in [6.45, 7) is 6.72. The molecule has 0 spiro atoms. The van der Waals surface area contributed by atoms with Gasteiger partial charge in [0.25, 0.3) is 5.91 Å². The van der Waals surface area contributed by atoms with Crippen LogP contribution < -0.4 is 5.32 Å². The lowest BCUT2D eigenvalue weighted by atomic mass is 10.0. The van der Waals surface area contributed by atoms with Gasteiger partial charge in [-0.2, -0.15) is 0 Å². The molecule has 0 fully saturated rings. The Morgan fingerprint density at radius 2 is 2.11 bits per heavy atom. The number of aromatic nitrogens is 3. The van der Waals surface area contributed by atoms with Crippen LogP contribution in [0.4, 0.5) is 10.1 Å². The lowest BCUT2D eigenvalue weighted by Gasteiger charge is -2.11. The average molecular weight is 368 g/mol. The van der Waals surface area contributed by atoms with Crippen molar-refractivity contribution in [2.24, 2.45) is 0 Å². The van der Waals surface area contributed by atoms with Gasteiger partial charge in [0, 0.05) is 17.4 Å². The molecule has 1 amide bonds. The fraction of sp³-hybridized carbons (Fsp3) is 0.158. The number of halogens is 1. The highest BCUT2D eigenvalue weighted by Gasteiger charge is 2.19. The van der Waals surface area contributed by atoms with Gasteiger partial charge in [-0.1, -0.05) is 18.7 Å². The Hall–Kier alpha value is -3.55. The van der Waals surface area contributed by atoms with Crippen LogP contribution >= 0.6 is 0 Å². The second-order valence-corrected chi connectivity index (χ2v) is 5.76. The molecule has 0 radical (unpaired) electrons. The van der Waals surface area contributed by atoms with Crippen molar-refractivity contribution in [2.45, 2.75) is 13.8 Å². The number of aryl methyl sites for hydroxylation is 1. The predicted molar refractivity (Wildman–Crippen MR) is 98.9 cm³/mol. The molecular formula is C19H17FN4O3. The molecule has 0 saturated carbocycles. The summed E-state index contributed by atoms with van der Waals surface area (Å²) in [5.41, 5.74) is 3.04. The smallest absolute Gasteiger partial charge is 0.340 e. The van der Waals surface area contributed by atoms with Crippen LogP contribution in [-0.2, 0) is 9.53 Å². The maximum atomic E-state index is 13.0. The number of aromatic amines is 1. The number of carbonyl (C=O) groups excluding carboxylic acids is 2. The first-order valence-electron chi connectivity index (χ1n) is 8.18. The van der Waals surface area contributed by atoms with Gasteiger partial charge >= 0.3 is 5.97 Å². The molecule has 2 N–H and O–H groups in total.